The van der Waals surface area contributed by atoms with E-state index in [1.807, 2.05) is 13.0 Å². The third-order valence-corrected chi connectivity index (χ3v) is 3.39. The van der Waals surface area contributed by atoms with Gasteiger partial charge in [0.25, 0.3) is 5.91 Å². The minimum Gasteiger partial charge on any atom is -0.495 e. The van der Waals surface area contributed by atoms with Crippen molar-refractivity contribution in [2.75, 3.05) is 19.0 Å². The summed E-state index contributed by atoms with van der Waals surface area (Å²) in [6.07, 6.45) is 0. The molecule has 4 nitrogen and oxygen atoms in total. The smallest absolute Gasteiger partial charge is 0.262 e. The Balaban J connectivity index is 2.01. The zero-order chi connectivity index (χ0) is 16.1. The molecule has 0 aliphatic carbocycles. The van der Waals surface area contributed by atoms with Crippen molar-refractivity contribution in [3.8, 4) is 11.5 Å². The molecule has 2 aromatic rings. The van der Waals surface area contributed by atoms with Crippen LogP contribution in [0.4, 0.5) is 10.1 Å². The number of rotatable bonds is 5. The Morgan fingerprint density at radius 2 is 1.95 bits per heavy atom. The zero-order valence-electron chi connectivity index (χ0n) is 12.2. The van der Waals surface area contributed by atoms with E-state index in [-0.39, 0.29) is 18.3 Å². The lowest BCUT2D eigenvalue weighted by atomic mass is 10.2. The van der Waals surface area contributed by atoms with Crippen molar-refractivity contribution in [1.29, 1.82) is 0 Å². The molecule has 0 spiro atoms. The van der Waals surface area contributed by atoms with Crippen LogP contribution in [-0.4, -0.2) is 19.6 Å². The van der Waals surface area contributed by atoms with Crippen LogP contribution in [-0.2, 0) is 4.79 Å². The van der Waals surface area contributed by atoms with Crippen molar-refractivity contribution in [3.05, 3.63) is 52.3 Å². The van der Waals surface area contributed by atoms with Gasteiger partial charge in [0.05, 0.1) is 12.8 Å². The molecule has 116 valence electrons. The number of benzene rings is 2. The zero-order valence-corrected chi connectivity index (χ0v) is 13.7. The number of hydrogen-bond donors (Lipinski definition) is 1. The topological polar surface area (TPSA) is 47.6 Å². The van der Waals surface area contributed by atoms with Crippen molar-refractivity contribution in [1.82, 2.24) is 0 Å². The highest BCUT2D eigenvalue weighted by Gasteiger charge is 2.12. The monoisotopic (exact) mass is 367 g/mol. The van der Waals surface area contributed by atoms with Crippen LogP contribution in [0.3, 0.4) is 0 Å². The van der Waals surface area contributed by atoms with E-state index >= 15 is 0 Å². The number of anilines is 1. The van der Waals surface area contributed by atoms with Gasteiger partial charge < -0.3 is 14.8 Å². The third-order valence-electron chi connectivity index (χ3n) is 2.93. The molecule has 0 atom stereocenters. The Morgan fingerprint density at radius 1 is 1.27 bits per heavy atom. The normalized spacial score (nSPS) is 10.2. The highest BCUT2D eigenvalue weighted by molar-refractivity contribution is 9.10. The number of carbonyl (C=O) groups excluding carboxylic acids is 1. The summed E-state index contributed by atoms with van der Waals surface area (Å²) >= 11 is 3.37. The van der Waals surface area contributed by atoms with E-state index in [0.717, 1.165) is 10.0 Å². The van der Waals surface area contributed by atoms with Crippen LogP contribution in [0, 0.1) is 12.7 Å². The van der Waals surface area contributed by atoms with Crippen molar-refractivity contribution < 1.29 is 18.7 Å². The fourth-order valence-corrected chi connectivity index (χ4v) is 2.44. The van der Waals surface area contributed by atoms with Crippen LogP contribution in [0.5, 0.6) is 11.5 Å². The maximum absolute atomic E-state index is 12.8. The van der Waals surface area contributed by atoms with E-state index in [1.165, 1.54) is 31.4 Å². The second-order valence-electron chi connectivity index (χ2n) is 4.59. The SMILES string of the molecule is COc1cc(Br)cc(C)c1NC(=O)COc1ccc(F)cc1. The van der Waals surface area contributed by atoms with Gasteiger partial charge in [0.2, 0.25) is 0 Å². The summed E-state index contributed by atoms with van der Waals surface area (Å²) < 4.78 is 24.2. The molecule has 0 heterocycles. The van der Waals surface area contributed by atoms with Crippen LogP contribution in [0.25, 0.3) is 0 Å². The molecule has 0 saturated carbocycles. The van der Waals surface area contributed by atoms with Crippen LogP contribution in [0.2, 0.25) is 0 Å². The lowest BCUT2D eigenvalue weighted by molar-refractivity contribution is -0.118. The molecule has 2 rings (SSSR count). The van der Waals surface area contributed by atoms with Gasteiger partial charge in [0.1, 0.15) is 17.3 Å². The lowest BCUT2D eigenvalue weighted by Crippen LogP contribution is -2.21. The number of hydrogen-bond acceptors (Lipinski definition) is 3. The summed E-state index contributed by atoms with van der Waals surface area (Å²) in [5, 5.41) is 2.75. The number of halogens is 2. The molecule has 1 amide bonds. The number of methoxy groups -OCH3 is 1. The highest BCUT2D eigenvalue weighted by Crippen LogP contribution is 2.32. The molecular weight excluding hydrogens is 353 g/mol. The molecule has 0 radical (unpaired) electrons. The summed E-state index contributed by atoms with van der Waals surface area (Å²) in [4.78, 5) is 12.0. The molecule has 0 unspecified atom stereocenters. The number of aryl methyl sites for hydroxylation is 1. The Bertz CT molecular complexity index is 674. The molecule has 1 N–H and O–H groups in total. The van der Waals surface area contributed by atoms with Crippen molar-refractivity contribution in [2.45, 2.75) is 6.92 Å². The van der Waals surface area contributed by atoms with E-state index in [1.54, 1.807) is 6.07 Å². The van der Waals surface area contributed by atoms with Gasteiger partial charge in [-0.1, -0.05) is 15.9 Å². The van der Waals surface area contributed by atoms with E-state index < -0.39 is 0 Å². The predicted octanol–water partition coefficient (Wildman–Crippen LogP) is 3.92. The fourth-order valence-electron chi connectivity index (χ4n) is 1.89. The first-order valence-electron chi connectivity index (χ1n) is 6.52. The first-order chi connectivity index (χ1) is 10.5. The standard InChI is InChI=1S/C16H15BrFNO3/c1-10-7-11(17)8-14(21-2)16(10)19-15(20)9-22-13-5-3-12(18)4-6-13/h3-8H,9H2,1-2H3,(H,19,20). The van der Waals surface area contributed by atoms with E-state index in [4.69, 9.17) is 9.47 Å². The quantitative estimate of drug-likeness (QED) is 0.870. The van der Waals surface area contributed by atoms with Crippen LogP contribution < -0.4 is 14.8 Å². The number of nitrogens with one attached hydrogen (secondary N) is 1. The minimum atomic E-state index is -0.355. The predicted molar refractivity (Wildman–Crippen MR) is 86.0 cm³/mol. The second kappa shape index (κ2) is 7.26. The maximum atomic E-state index is 12.8. The Labute approximate surface area is 136 Å². The van der Waals surface area contributed by atoms with Gasteiger partial charge >= 0.3 is 0 Å². The molecule has 0 saturated heterocycles. The average molecular weight is 368 g/mol. The summed E-state index contributed by atoms with van der Waals surface area (Å²) in [5.41, 5.74) is 1.46. The van der Waals surface area contributed by atoms with Crippen molar-refractivity contribution in [3.63, 3.8) is 0 Å². The molecule has 22 heavy (non-hydrogen) atoms. The molecule has 2 aromatic carbocycles. The number of ether oxygens (including phenoxy) is 2. The molecule has 0 bridgehead atoms. The Kier molecular flexibility index (Phi) is 5.38. The van der Waals surface area contributed by atoms with E-state index in [9.17, 15) is 9.18 Å². The Morgan fingerprint density at radius 3 is 2.59 bits per heavy atom. The molecule has 0 aromatic heterocycles. The average Bonchev–Trinajstić information content (AvgIpc) is 2.49. The van der Waals surface area contributed by atoms with Gasteiger partial charge in [0.15, 0.2) is 6.61 Å². The molecular formula is C16H15BrFNO3. The third kappa shape index (κ3) is 4.21. The maximum Gasteiger partial charge on any atom is 0.262 e. The first-order valence-corrected chi connectivity index (χ1v) is 7.31. The van der Waals surface area contributed by atoms with E-state index in [0.29, 0.717) is 17.2 Å². The van der Waals surface area contributed by atoms with Crippen LogP contribution >= 0.6 is 15.9 Å². The largest absolute Gasteiger partial charge is 0.495 e. The van der Waals surface area contributed by atoms with Gasteiger partial charge in [-0.2, -0.15) is 0 Å². The molecule has 0 fully saturated rings. The summed E-state index contributed by atoms with van der Waals surface area (Å²) in [6, 6.07) is 9.12. The van der Waals surface area contributed by atoms with Gasteiger partial charge in [-0.05, 0) is 48.9 Å². The molecule has 6 heteroatoms. The van der Waals surface area contributed by atoms with Gasteiger partial charge in [-0.15, -0.1) is 0 Å². The van der Waals surface area contributed by atoms with Gasteiger partial charge in [-0.3, -0.25) is 4.79 Å². The molecule has 0 aliphatic heterocycles. The van der Waals surface area contributed by atoms with Crippen molar-refractivity contribution in [2.24, 2.45) is 0 Å². The summed E-state index contributed by atoms with van der Waals surface area (Å²) in [7, 11) is 1.53. The van der Waals surface area contributed by atoms with Crippen molar-refractivity contribution >= 4 is 27.5 Å². The van der Waals surface area contributed by atoms with E-state index in [2.05, 4.69) is 21.2 Å². The summed E-state index contributed by atoms with van der Waals surface area (Å²) in [6.45, 7) is 1.69. The lowest BCUT2D eigenvalue weighted by Gasteiger charge is -2.14. The number of amides is 1. The summed E-state index contributed by atoms with van der Waals surface area (Å²) in [5.74, 6) is 0.304. The highest BCUT2D eigenvalue weighted by atomic mass is 79.9. The minimum absolute atomic E-state index is 0.176. The van der Waals surface area contributed by atoms with Crippen LogP contribution in [0.15, 0.2) is 40.9 Å². The molecule has 0 aliphatic rings. The number of carbonyl (C=O) groups is 1. The first kappa shape index (κ1) is 16.3. The Hall–Kier alpha value is -2.08. The van der Waals surface area contributed by atoms with Gasteiger partial charge in [-0.25, -0.2) is 4.39 Å². The second-order valence-corrected chi connectivity index (χ2v) is 5.51. The van der Waals surface area contributed by atoms with Crippen LogP contribution in [0.1, 0.15) is 5.56 Å². The fraction of sp³-hybridized carbons (Fsp3) is 0.188. The van der Waals surface area contributed by atoms with Gasteiger partial charge in [0, 0.05) is 4.47 Å².